The summed E-state index contributed by atoms with van der Waals surface area (Å²) in [6.45, 7) is 7.20. The van der Waals surface area contributed by atoms with Crippen LogP contribution in [0, 0.1) is 17.6 Å². The van der Waals surface area contributed by atoms with Crippen molar-refractivity contribution in [2.45, 2.75) is 51.0 Å². The molecule has 1 aromatic rings. The molecule has 1 unspecified atom stereocenters. The minimum Gasteiger partial charge on any atom is -0.304 e. The van der Waals surface area contributed by atoms with Gasteiger partial charge in [0.2, 0.25) is 10.0 Å². The van der Waals surface area contributed by atoms with Crippen LogP contribution in [0.4, 0.5) is 8.78 Å². The zero-order valence-electron chi connectivity index (χ0n) is 19.1. The average Bonchev–Trinajstić information content (AvgIpc) is 2.73. The second kappa shape index (κ2) is 10.7. The van der Waals surface area contributed by atoms with E-state index in [0.717, 1.165) is 64.3 Å². The Bertz CT molecular complexity index is 800. The third-order valence-electron chi connectivity index (χ3n) is 7.29. The summed E-state index contributed by atoms with van der Waals surface area (Å²) in [5.41, 5.74) is 0.705. The lowest BCUT2D eigenvalue weighted by molar-refractivity contribution is 0.125. The molecule has 1 aromatic carbocycles. The van der Waals surface area contributed by atoms with Crippen LogP contribution in [0.15, 0.2) is 18.2 Å². The first-order valence-electron chi connectivity index (χ1n) is 11.5. The van der Waals surface area contributed by atoms with Crippen molar-refractivity contribution in [3.8, 4) is 0 Å². The van der Waals surface area contributed by atoms with Gasteiger partial charge in [-0.1, -0.05) is 6.92 Å². The largest absolute Gasteiger partial charge is 0.304 e. The van der Waals surface area contributed by atoms with Gasteiger partial charge in [-0.25, -0.2) is 21.5 Å². The summed E-state index contributed by atoms with van der Waals surface area (Å²) in [4.78, 5) is 4.87. The maximum absolute atomic E-state index is 14.0. The van der Waals surface area contributed by atoms with Gasteiger partial charge in [0.25, 0.3) is 0 Å². The Morgan fingerprint density at radius 2 is 1.61 bits per heavy atom. The van der Waals surface area contributed by atoms with E-state index >= 15 is 0 Å². The fourth-order valence-electron chi connectivity index (χ4n) is 5.24. The number of nitrogens with zero attached hydrogens (tertiary/aromatic N) is 3. The third-order valence-corrected chi connectivity index (χ3v) is 8.59. The summed E-state index contributed by atoms with van der Waals surface area (Å²) in [7, 11) is -1.02. The van der Waals surface area contributed by atoms with E-state index in [1.807, 2.05) is 0 Å². The number of piperidine rings is 2. The number of benzene rings is 1. The summed E-state index contributed by atoms with van der Waals surface area (Å²) in [6.07, 6.45) is 5.82. The van der Waals surface area contributed by atoms with E-state index in [1.54, 1.807) is 0 Å². The Morgan fingerprint density at radius 1 is 1.03 bits per heavy atom. The van der Waals surface area contributed by atoms with Crippen LogP contribution in [0.5, 0.6) is 0 Å². The third kappa shape index (κ3) is 6.70. The van der Waals surface area contributed by atoms with Crippen LogP contribution < -0.4 is 0 Å². The molecule has 2 heterocycles. The molecule has 2 aliphatic rings. The molecule has 1 atom stereocenters. The number of sulfonamides is 1. The SMILES string of the molecule is CCN(C)C1CCN(CCC(c2cc(F)cc(F)c2)C2CCN(S(C)(=O)=O)CC2)CC1. The monoisotopic (exact) mass is 457 g/mol. The van der Waals surface area contributed by atoms with Gasteiger partial charge in [-0.3, -0.25) is 0 Å². The zero-order chi connectivity index (χ0) is 22.6. The molecule has 0 N–H and O–H groups in total. The zero-order valence-corrected chi connectivity index (χ0v) is 19.9. The summed E-state index contributed by atoms with van der Waals surface area (Å²) < 4.78 is 53.2. The quantitative estimate of drug-likeness (QED) is 0.599. The molecular formula is C23H37F2N3O2S. The van der Waals surface area contributed by atoms with Crippen molar-refractivity contribution in [2.75, 3.05) is 52.6 Å². The van der Waals surface area contributed by atoms with E-state index in [4.69, 9.17) is 0 Å². The second-order valence-corrected chi connectivity index (χ2v) is 11.2. The lowest BCUT2D eigenvalue weighted by Crippen LogP contribution is -2.44. The highest BCUT2D eigenvalue weighted by atomic mass is 32.2. The molecule has 5 nitrogen and oxygen atoms in total. The molecule has 0 saturated carbocycles. The van der Waals surface area contributed by atoms with E-state index in [-0.39, 0.29) is 11.8 Å². The van der Waals surface area contributed by atoms with Crippen molar-refractivity contribution in [3.05, 3.63) is 35.4 Å². The van der Waals surface area contributed by atoms with Crippen LogP contribution in [0.2, 0.25) is 0 Å². The van der Waals surface area contributed by atoms with Crippen molar-refractivity contribution in [2.24, 2.45) is 5.92 Å². The lowest BCUT2D eigenvalue weighted by Gasteiger charge is -2.39. The maximum Gasteiger partial charge on any atom is 0.211 e. The van der Waals surface area contributed by atoms with Gasteiger partial charge >= 0.3 is 0 Å². The summed E-state index contributed by atoms with van der Waals surface area (Å²) in [5.74, 6) is -0.833. The van der Waals surface area contributed by atoms with Crippen LogP contribution in [-0.4, -0.2) is 81.1 Å². The summed E-state index contributed by atoms with van der Waals surface area (Å²) in [6, 6.07) is 4.47. The van der Waals surface area contributed by atoms with Gasteiger partial charge in [0, 0.05) is 25.2 Å². The molecule has 176 valence electrons. The number of rotatable bonds is 8. The molecule has 2 aliphatic heterocycles. The topological polar surface area (TPSA) is 43.9 Å². The predicted octanol–water partition coefficient (Wildman–Crippen LogP) is 3.53. The normalized spacial score (nSPS) is 21.6. The lowest BCUT2D eigenvalue weighted by atomic mass is 9.78. The molecule has 31 heavy (non-hydrogen) atoms. The van der Waals surface area contributed by atoms with Crippen LogP contribution in [0.3, 0.4) is 0 Å². The number of hydrogen-bond donors (Lipinski definition) is 0. The van der Waals surface area contributed by atoms with E-state index in [9.17, 15) is 17.2 Å². The highest BCUT2D eigenvalue weighted by Crippen LogP contribution is 2.37. The Balaban J connectivity index is 1.66. The molecule has 0 amide bonds. The molecule has 0 aromatic heterocycles. The van der Waals surface area contributed by atoms with Gasteiger partial charge in [-0.05, 0) is 94.9 Å². The Labute approximate surface area is 186 Å². The van der Waals surface area contributed by atoms with Gasteiger partial charge in [0.15, 0.2) is 0 Å². The summed E-state index contributed by atoms with van der Waals surface area (Å²) >= 11 is 0. The van der Waals surface area contributed by atoms with E-state index in [0.29, 0.717) is 24.7 Å². The Kier molecular flexibility index (Phi) is 8.46. The first kappa shape index (κ1) is 24.6. The summed E-state index contributed by atoms with van der Waals surface area (Å²) in [5, 5.41) is 0. The molecule has 0 spiro atoms. The minimum atomic E-state index is -3.20. The van der Waals surface area contributed by atoms with Gasteiger partial charge < -0.3 is 9.80 Å². The van der Waals surface area contributed by atoms with Gasteiger partial charge in [-0.2, -0.15) is 0 Å². The van der Waals surface area contributed by atoms with Crippen molar-refractivity contribution in [1.29, 1.82) is 0 Å². The number of likely N-dealkylation sites (tertiary alicyclic amines) is 1. The molecule has 0 radical (unpaired) electrons. The molecule has 2 saturated heterocycles. The fourth-order valence-corrected chi connectivity index (χ4v) is 6.11. The standard InChI is InChI=1S/C23H37F2N3O2S/c1-4-26(2)22-7-10-27(11-8-22)12-9-23(19-15-20(24)17-21(25)16-19)18-5-13-28(14-6-18)31(3,29)30/h15-18,22-23H,4-14H2,1-3H3. The number of hydrogen-bond acceptors (Lipinski definition) is 4. The molecular weight excluding hydrogens is 420 g/mol. The Hall–Kier alpha value is -1.09. The Morgan fingerprint density at radius 3 is 2.13 bits per heavy atom. The molecule has 8 heteroatoms. The average molecular weight is 458 g/mol. The molecule has 0 bridgehead atoms. The first-order valence-corrected chi connectivity index (χ1v) is 13.4. The van der Waals surface area contributed by atoms with Crippen molar-refractivity contribution in [1.82, 2.24) is 14.1 Å². The van der Waals surface area contributed by atoms with Crippen LogP contribution >= 0.6 is 0 Å². The van der Waals surface area contributed by atoms with Crippen molar-refractivity contribution >= 4 is 10.0 Å². The molecule has 3 rings (SSSR count). The highest BCUT2D eigenvalue weighted by molar-refractivity contribution is 7.88. The molecule has 0 aliphatic carbocycles. The number of halogens is 2. The van der Waals surface area contributed by atoms with E-state index in [2.05, 4.69) is 23.8 Å². The van der Waals surface area contributed by atoms with Crippen LogP contribution in [-0.2, 0) is 10.0 Å². The second-order valence-electron chi connectivity index (χ2n) is 9.24. The highest BCUT2D eigenvalue weighted by Gasteiger charge is 2.32. The van der Waals surface area contributed by atoms with Crippen LogP contribution in [0.1, 0.15) is 50.5 Å². The predicted molar refractivity (Wildman–Crippen MR) is 121 cm³/mol. The van der Waals surface area contributed by atoms with Crippen LogP contribution in [0.25, 0.3) is 0 Å². The maximum atomic E-state index is 14.0. The van der Waals surface area contributed by atoms with E-state index in [1.165, 1.54) is 22.7 Å². The fraction of sp³-hybridized carbons (Fsp3) is 0.739. The molecule has 2 fully saturated rings. The van der Waals surface area contributed by atoms with Crippen molar-refractivity contribution < 1.29 is 17.2 Å². The van der Waals surface area contributed by atoms with Gasteiger partial charge in [0.05, 0.1) is 6.26 Å². The van der Waals surface area contributed by atoms with Gasteiger partial charge in [-0.15, -0.1) is 0 Å². The smallest absolute Gasteiger partial charge is 0.211 e. The first-order chi connectivity index (χ1) is 14.7. The van der Waals surface area contributed by atoms with E-state index < -0.39 is 21.7 Å². The van der Waals surface area contributed by atoms with Crippen molar-refractivity contribution in [3.63, 3.8) is 0 Å². The minimum absolute atomic E-state index is 0.0305. The van der Waals surface area contributed by atoms with Gasteiger partial charge in [0.1, 0.15) is 11.6 Å².